The predicted octanol–water partition coefficient (Wildman–Crippen LogP) is 4.68. The Morgan fingerprint density at radius 1 is 1.06 bits per heavy atom. The number of benzene rings is 2. The lowest BCUT2D eigenvalue weighted by atomic mass is 10.1. The molecule has 7 nitrogen and oxygen atoms in total. The first-order chi connectivity index (χ1) is 15.0. The lowest BCUT2D eigenvalue weighted by Crippen LogP contribution is -2.15. The van der Waals surface area contributed by atoms with Crippen LogP contribution in [0.1, 0.15) is 38.5 Å². The molecule has 0 unspecified atom stereocenters. The average molecular weight is 416 g/mol. The smallest absolute Gasteiger partial charge is 0.278 e. The van der Waals surface area contributed by atoms with Crippen LogP contribution in [0.5, 0.6) is 5.75 Å². The maximum absolute atomic E-state index is 12.8. The molecule has 0 saturated heterocycles. The fourth-order valence-corrected chi connectivity index (χ4v) is 3.39. The second-order valence-corrected chi connectivity index (χ2v) is 7.44. The van der Waals surface area contributed by atoms with E-state index in [1.54, 1.807) is 24.0 Å². The van der Waals surface area contributed by atoms with Gasteiger partial charge in [-0.3, -0.25) is 9.48 Å². The summed E-state index contributed by atoms with van der Waals surface area (Å²) < 4.78 is 13.1. The number of rotatable bonds is 7. The Hall–Kier alpha value is -3.87. The van der Waals surface area contributed by atoms with E-state index < -0.39 is 0 Å². The molecule has 31 heavy (non-hydrogen) atoms. The van der Waals surface area contributed by atoms with Crippen LogP contribution in [0, 0.1) is 20.8 Å². The zero-order valence-corrected chi connectivity index (χ0v) is 17.8. The van der Waals surface area contributed by atoms with Gasteiger partial charge in [0, 0.05) is 6.20 Å². The van der Waals surface area contributed by atoms with E-state index in [1.807, 2.05) is 62.4 Å². The number of aryl methyl sites for hydroxylation is 3. The molecular formula is C24H24N4O3. The van der Waals surface area contributed by atoms with Crippen molar-refractivity contribution in [3.05, 3.63) is 94.6 Å². The number of carbonyl (C=O) groups is 1. The molecule has 0 spiro atoms. The summed E-state index contributed by atoms with van der Waals surface area (Å²) in [5, 5.41) is 11.1. The first-order valence-corrected chi connectivity index (χ1v) is 10.0. The Labute approximate surface area is 180 Å². The highest BCUT2D eigenvalue weighted by molar-refractivity contribution is 6.03. The molecule has 0 bridgehead atoms. The topological polar surface area (TPSA) is 82.2 Å². The highest BCUT2D eigenvalue weighted by Gasteiger charge is 2.21. The Morgan fingerprint density at radius 2 is 1.81 bits per heavy atom. The number of carbonyl (C=O) groups excluding carboxylic acids is 1. The van der Waals surface area contributed by atoms with Gasteiger partial charge >= 0.3 is 0 Å². The number of hydrogen-bond donors (Lipinski definition) is 1. The summed E-state index contributed by atoms with van der Waals surface area (Å²) in [6.07, 6.45) is 3.39. The van der Waals surface area contributed by atoms with Gasteiger partial charge < -0.3 is 14.6 Å². The number of aromatic nitrogens is 3. The van der Waals surface area contributed by atoms with E-state index in [4.69, 9.17) is 9.26 Å². The molecule has 7 heteroatoms. The molecule has 158 valence electrons. The van der Waals surface area contributed by atoms with Gasteiger partial charge in [-0.1, -0.05) is 53.7 Å². The van der Waals surface area contributed by atoms with Gasteiger partial charge in [-0.05, 0) is 37.5 Å². The fourth-order valence-electron chi connectivity index (χ4n) is 3.39. The van der Waals surface area contributed by atoms with Crippen molar-refractivity contribution in [2.75, 3.05) is 5.32 Å². The van der Waals surface area contributed by atoms with Crippen LogP contribution in [0.25, 0.3) is 0 Å². The highest BCUT2D eigenvalue weighted by atomic mass is 16.5. The number of para-hydroxylation sites is 1. The summed E-state index contributed by atoms with van der Waals surface area (Å²) in [7, 11) is 0. The Morgan fingerprint density at radius 3 is 2.55 bits per heavy atom. The van der Waals surface area contributed by atoms with Crippen molar-refractivity contribution in [1.82, 2.24) is 14.9 Å². The predicted molar refractivity (Wildman–Crippen MR) is 117 cm³/mol. The summed E-state index contributed by atoms with van der Waals surface area (Å²) in [5.41, 5.74) is 4.61. The van der Waals surface area contributed by atoms with Crippen molar-refractivity contribution in [1.29, 1.82) is 0 Å². The van der Waals surface area contributed by atoms with Gasteiger partial charge in [-0.15, -0.1) is 0 Å². The number of hydrogen-bond acceptors (Lipinski definition) is 5. The molecule has 2 aromatic carbocycles. The van der Waals surface area contributed by atoms with Crippen LogP contribution in [0.15, 0.2) is 65.4 Å². The molecule has 2 heterocycles. The Bertz CT molecular complexity index is 1170. The second-order valence-electron chi connectivity index (χ2n) is 7.44. The third kappa shape index (κ3) is 4.66. The Kier molecular flexibility index (Phi) is 5.84. The van der Waals surface area contributed by atoms with Gasteiger partial charge in [0.2, 0.25) is 0 Å². The van der Waals surface area contributed by atoms with E-state index in [1.165, 1.54) is 0 Å². The largest absolute Gasteiger partial charge is 0.488 e. The number of anilines is 1. The van der Waals surface area contributed by atoms with Crippen LogP contribution in [-0.2, 0) is 13.2 Å². The second kappa shape index (κ2) is 8.87. The quantitative estimate of drug-likeness (QED) is 0.473. The number of amides is 1. The SMILES string of the molecule is Cc1cccc(C)c1OCc1c(C(=O)Nc2cnn(Cc3ccccc3)c2)noc1C. The van der Waals surface area contributed by atoms with Crippen LogP contribution in [-0.4, -0.2) is 20.8 Å². The zero-order valence-electron chi connectivity index (χ0n) is 17.8. The van der Waals surface area contributed by atoms with Crippen molar-refractivity contribution in [2.24, 2.45) is 0 Å². The van der Waals surface area contributed by atoms with Gasteiger partial charge in [0.15, 0.2) is 5.69 Å². The molecule has 4 aromatic rings. The highest BCUT2D eigenvalue weighted by Crippen LogP contribution is 2.25. The minimum absolute atomic E-state index is 0.192. The Balaban J connectivity index is 1.45. The molecule has 0 fully saturated rings. The molecule has 0 atom stereocenters. The van der Waals surface area contributed by atoms with Crippen LogP contribution in [0.3, 0.4) is 0 Å². The van der Waals surface area contributed by atoms with E-state index in [2.05, 4.69) is 15.6 Å². The molecule has 0 aliphatic heterocycles. The van der Waals surface area contributed by atoms with E-state index in [0.717, 1.165) is 22.4 Å². The van der Waals surface area contributed by atoms with Crippen LogP contribution < -0.4 is 10.1 Å². The molecule has 0 aliphatic carbocycles. The summed E-state index contributed by atoms with van der Waals surface area (Å²) in [6, 6.07) is 16.0. The van der Waals surface area contributed by atoms with Crippen molar-refractivity contribution in [3.8, 4) is 5.75 Å². The summed E-state index contributed by atoms with van der Waals surface area (Å²) in [5.74, 6) is 0.990. The molecule has 0 radical (unpaired) electrons. The van der Waals surface area contributed by atoms with E-state index >= 15 is 0 Å². The minimum Gasteiger partial charge on any atom is -0.488 e. The van der Waals surface area contributed by atoms with Crippen molar-refractivity contribution < 1.29 is 14.1 Å². The van der Waals surface area contributed by atoms with Gasteiger partial charge in [-0.2, -0.15) is 5.10 Å². The molecular weight excluding hydrogens is 392 g/mol. The van der Waals surface area contributed by atoms with Crippen LogP contribution >= 0.6 is 0 Å². The summed E-state index contributed by atoms with van der Waals surface area (Å²) >= 11 is 0. The number of nitrogens with zero attached hydrogens (tertiary/aromatic N) is 3. The molecule has 4 rings (SSSR count). The third-order valence-electron chi connectivity index (χ3n) is 5.05. The molecule has 0 aliphatic rings. The standard InChI is InChI=1S/C24H24N4O3/c1-16-8-7-9-17(2)23(16)30-15-21-18(3)31-27-22(21)24(29)26-20-12-25-28(14-20)13-19-10-5-4-6-11-19/h4-12,14H,13,15H2,1-3H3,(H,26,29). The van der Waals surface area contributed by atoms with E-state index in [0.29, 0.717) is 23.6 Å². The van der Waals surface area contributed by atoms with E-state index in [-0.39, 0.29) is 18.2 Å². The van der Waals surface area contributed by atoms with Crippen molar-refractivity contribution in [3.63, 3.8) is 0 Å². The third-order valence-corrected chi connectivity index (χ3v) is 5.05. The van der Waals surface area contributed by atoms with Gasteiger partial charge in [-0.25, -0.2) is 0 Å². The number of nitrogens with one attached hydrogen (secondary N) is 1. The maximum Gasteiger partial charge on any atom is 0.278 e. The zero-order chi connectivity index (χ0) is 21.8. The average Bonchev–Trinajstić information content (AvgIpc) is 3.34. The van der Waals surface area contributed by atoms with E-state index in [9.17, 15) is 4.79 Å². The van der Waals surface area contributed by atoms with Crippen molar-refractivity contribution >= 4 is 11.6 Å². The minimum atomic E-state index is -0.365. The molecule has 1 amide bonds. The monoisotopic (exact) mass is 416 g/mol. The molecule has 1 N–H and O–H groups in total. The number of ether oxygens (including phenoxy) is 1. The van der Waals surface area contributed by atoms with Gasteiger partial charge in [0.05, 0.1) is 24.0 Å². The first-order valence-electron chi connectivity index (χ1n) is 10.0. The molecule has 0 saturated carbocycles. The molecule has 2 aromatic heterocycles. The van der Waals surface area contributed by atoms with Crippen LogP contribution in [0.2, 0.25) is 0 Å². The van der Waals surface area contributed by atoms with Crippen LogP contribution in [0.4, 0.5) is 5.69 Å². The summed E-state index contributed by atoms with van der Waals surface area (Å²) in [4.78, 5) is 12.8. The lowest BCUT2D eigenvalue weighted by molar-refractivity contribution is 0.101. The van der Waals surface area contributed by atoms with Crippen molar-refractivity contribution in [2.45, 2.75) is 33.9 Å². The van der Waals surface area contributed by atoms with Gasteiger partial charge in [0.25, 0.3) is 5.91 Å². The maximum atomic E-state index is 12.8. The first kappa shape index (κ1) is 20.4. The summed E-state index contributed by atoms with van der Waals surface area (Å²) in [6.45, 7) is 6.56. The fraction of sp³-hybridized carbons (Fsp3) is 0.208. The van der Waals surface area contributed by atoms with Gasteiger partial charge in [0.1, 0.15) is 18.1 Å². The normalized spacial score (nSPS) is 10.8. The lowest BCUT2D eigenvalue weighted by Gasteiger charge is -2.12.